The lowest BCUT2D eigenvalue weighted by atomic mass is 10.2. The quantitative estimate of drug-likeness (QED) is 0.299. The Morgan fingerprint density at radius 3 is 2.49 bits per heavy atom. The number of carbonyl (C=O) groups excluding carboxylic acids is 2. The van der Waals surface area contributed by atoms with Crippen molar-refractivity contribution in [3.8, 4) is 5.75 Å². The lowest BCUT2D eigenvalue weighted by molar-refractivity contribution is -0.115. The van der Waals surface area contributed by atoms with Crippen LogP contribution in [-0.2, 0) is 22.7 Å². The number of benzene rings is 2. The molecule has 0 saturated heterocycles. The molecule has 8 heteroatoms. The van der Waals surface area contributed by atoms with Crippen LogP contribution < -0.4 is 9.64 Å². The SMILES string of the molecule is COc1ccccc1N(C(C)=O)c1nc(COC(=O)c2cc(C)n(Cc3ccccc3)c2C)cs1. The summed E-state index contributed by atoms with van der Waals surface area (Å²) in [6.45, 7) is 6.07. The number of aromatic nitrogens is 2. The van der Waals surface area contributed by atoms with E-state index in [-0.39, 0.29) is 12.5 Å². The minimum atomic E-state index is -0.403. The molecule has 0 radical (unpaired) electrons. The third-order valence-electron chi connectivity index (χ3n) is 5.70. The standard InChI is InChI=1S/C27H27N3O4S/c1-18-14-23(19(2)29(18)15-21-10-6-5-7-11-21)26(32)34-16-22-17-35-27(28-22)30(20(3)31)24-12-8-9-13-25(24)33-4/h5-14,17H,15-16H2,1-4H3. The number of thiazole rings is 1. The Bertz CT molecular complexity index is 1340. The van der Waals surface area contributed by atoms with Crippen molar-refractivity contribution in [1.82, 2.24) is 9.55 Å². The Kier molecular flexibility index (Phi) is 7.31. The van der Waals surface area contributed by atoms with Crippen LogP contribution in [0.15, 0.2) is 66.0 Å². The molecule has 4 aromatic rings. The zero-order valence-electron chi connectivity index (χ0n) is 20.1. The molecular formula is C27H27N3O4S. The minimum absolute atomic E-state index is 0.00928. The highest BCUT2D eigenvalue weighted by molar-refractivity contribution is 7.14. The molecule has 2 aromatic carbocycles. The highest BCUT2D eigenvalue weighted by Gasteiger charge is 2.22. The molecule has 0 aliphatic carbocycles. The highest BCUT2D eigenvalue weighted by atomic mass is 32.1. The Morgan fingerprint density at radius 1 is 1.06 bits per heavy atom. The zero-order chi connectivity index (χ0) is 24.9. The number of methoxy groups -OCH3 is 1. The Labute approximate surface area is 208 Å². The number of rotatable bonds is 8. The van der Waals surface area contributed by atoms with Crippen LogP contribution in [-0.4, -0.2) is 28.5 Å². The molecule has 0 fully saturated rings. The first-order valence-corrected chi connectivity index (χ1v) is 12.0. The van der Waals surface area contributed by atoms with E-state index in [9.17, 15) is 9.59 Å². The second-order valence-corrected chi connectivity index (χ2v) is 8.92. The van der Waals surface area contributed by atoms with Crippen LogP contribution in [0.5, 0.6) is 5.75 Å². The van der Waals surface area contributed by atoms with Crippen LogP contribution in [0.2, 0.25) is 0 Å². The van der Waals surface area contributed by atoms with Crippen LogP contribution >= 0.6 is 11.3 Å². The highest BCUT2D eigenvalue weighted by Crippen LogP contribution is 2.35. The number of anilines is 2. The second-order valence-electron chi connectivity index (χ2n) is 8.08. The summed E-state index contributed by atoms with van der Waals surface area (Å²) < 4.78 is 13.1. The molecule has 0 aliphatic rings. The maximum absolute atomic E-state index is 12.9. The number of hydrogen-bond acceptors (Lipinski definition) is 6. The predicted molar refractivity (Wildman–Crippen MR) is 136 cm³/mol. The van der Waals surface area contributed by atoms with Crippen LogP contribution in [0, 0.1) is 13.8 Å². The summed E-state index contributed by atoms with van der Waals surface area (Å²) in [6, 6.07) is 19.2. The number of carbonyl (C=O) groups is 2. The summed E-state index contributed by atoms with van der Waals surface area (Å²) in [5, 5.41) is 2.27. The fourth-order valence-electron chi connectivity index (χ4n) is 3.92. The van der Waals surface area contributed by atoms with Gasteiger partial charge in [0.15, 0.2) is 5.13 Å². The van der Waals surface area contributed by atoms with E-state index >= 15 is 0 Å². The fraction of sp³-hybridized carbons (Fsp3) is 0.222. The van der Waals surface area contributed by atoms with Gasteiger partial charge in [0.2, 0.25) is 5.91 Å². The topological polar surface area (TPSA) is 73.7 Å². The molecule has 2 aromatic heterocycles. The Balaban J connectivity index is 1.47. The van der Waals surface area contributed by atoms with E-state index in [1.165, 1.54) is 23.2 Å². The summed E-state index contributed by atoms with van der Waals surface area (Å²) in [5.41, 5.74) is 4.71. The lowest BCUT2D eigenvalue weighted by Gasteiger charge is -2.20. The predicted octanol–water partition coefficient (Wildman–Crippen LogP) is 5.66. The average molecular weight is 490 g/mol. The van der Waals surface area contributed by atoms with E-state index in [1.807, 2.05) is 50.2 Å². The minimum Gasteiger partial charge on any atom is -0.495 e. The van der Waals surface area contributed by atoms with Gasteiger partial charge in [0.05, 0.1) is 24.1 Å². The van der Waals surface area contributed by atoms with Crippen molar-refractivity contribution in [1.29, 1.82) is 0 Å². The van der Waals surface area contributed by atoms with Gasteiger partial charge in [0.1, 0.15) is 12.4 Å². The number of amides is 1. The van der Waals surface area contributed by atoms with Crippen LogP contribution in [0.25, 0.3) is 0 Å². The van der Waals surface area contributed by atoms with E-state index in [4.69, 9.17) is 9.47 Å². The number of nitrogens with zero attached hydrogens (tertiary/aromatic N) is 3. The number of aryl methyl sites for hydroxylation is 1. The maximum atomic E-state index is 12.9. The van der Waals surface area contributed by atoms with E-state index in [0.29, 0.717) is 34.4 Å². The van der Waals surface area contributed by atoms with E-state index in [1.54, 1.807) is 24.6 Å². The van der Waals surface area contributed by atoms with Gasteiger partial charge in [-0.05, 0) is 37.6 Å². The molecule has 0 atom stereocenters. The van der Waals surface area contributed by atoms with Gasteiger partial charge in [-0.2, -0.15) is 0 Å². The molecule has 2 heterocycles. The Hall–Kier alpha value is -3.91. The molecule has 7 nitrogen and oxygen atoms in total. The Morgan fingerprint density at radius 2 is 1.77 bits per heavy atom. The van der Waals surface area contributed by atoms with Gasteiger partial charge in [-0.25, -0.2) is 9.78 Å². The molecular weight excluding hydrogens is 462 g/mol. The van der Waals surface area contributed by atoms with Crippen LogP contribution in [0.3, 0.4) is 0 Å². The van der Waals surface area contributed by atoms with Crippen molar-refractivity contribution in [2.45, 2.75) is 33.9 Å². The van der Waals surface area contributed by atoms with Crippen LogP contribution in [0.1, 0.15) is 39.9 Å². The summed E-state index contributed by atoms with van der Waals surface area (Å²) in [5.74, 6) is -0.0323. The van der Waals surface area contributed by atoms with Gasteiger partial charge >= 0.3 is 5.97 Å². The molecule has 4 rings (SSSR count). The third kappa shape index (κ3) is 5.27. The van der Waals surface area contributed by atoms with Gasteiger partial charge in [-0.3, -0.25) is 9.69 Å². The average Bonchev–Trinajstić information content (AvgIpc) is 3.43. The van der Waals surface area contributed by atoms with Gasteiger partial charge in [0.25, 0.3) is 0 Å². The van der Waals surface area contributed by atoms with Crippen molar-refractivity contribution >= 4 is 34.0 Å². The van der Waals surface area contributed by atoms with Crippen molar-refractivity contribution < 1.29 is 19.1 Å². The summed E-state index contributed by atoms with van der Waals surface area (Å²) in [7, 11) is 1.56. The monoisotopic (exact) mass is 489 g/mol. The first kappa shape index (κ1) is 24.2. The lowest BCUT2D eigenvalue weighted by Crippen LogP contribution is -2.23. The van der Waals surface area contributed by atoms with Crippen molar-refractivity contribution in [3.63, 3.8) is 0 Å². The number of ether oxygens (including phenoxy) is 2. The van der Waals surface area contributed by atoms with Gasteiger partial charge < -0.3 is 14.0 Å². The van der Waals surface area contributed by atoms with Gasteiger partial charge in [-0.15, -0.1) is 11.3 Å². The fourth-order valence-corrected chi connectivity index (χ4v) is 4.79. The summed E-state index contributed by atoms with van der Waals surface area (Å²) in [6.07, 6.45) is 0. The van der Waals surface area contributed by atoms with E-state index < -0.39 is 5.97 Å². The number of para-hydroxylation sites is 2. The summed E-state index contributed by atoms with van der Waals surface area (Å²) >= 11 is 1.30. The molecule has 0 N–H and O–H groups in total. The zero-order valence-corrected chi connectivity index (χ0v) is 21.0. The first-order chi connectivity index (χ1) is 16.9. The molecule has 1 amide bonds. The smallest absolute Gasteiger partial charge is 0.340 e. The molecule has 0 spiro atoms. The number of hydrogen-bond donors (Lipinski definition) is 0. The molecule has 35 heavy (non-hydrogen) atoms. The molecule has 0 unspecified atom stereocenters. The molecule has 180 valence electrons. The summed E-state index contributed by atoms with van der Waals surface area (Å²) in [4.78, 5) is 31.3. The van der Waals surface area contributed by atoms with Crippen molar-refractivity contribution in [2.24, 2.45) is 0 Å². The first-order valence-electron chi connectivity index (χ1n) is 11.1. The van der Waals surface area contributed by atoms with E-state index in [2.05, 4.69) is 21.7 Å². The third-order valence-corrected chi connectivity index (χ3v) is 6.57. The van der Waals surface area contributed by atoms with Gasteiger partial charge in [-0.1, -0.05) is 42.5 Å². The maximum Gasteiger partial charge on any atom is 0.340 e. The van der Waals surface area contributed by atoms with Crippen LogP contribution in [0.4, 0.5) is 10.8 Å². The largest absolute Gasteiger partial charge is 0.495 e. The van der Waals surface area contributed by atoms with E-state index in [0.717, 1.165) is 17.0 Å². The molecule has 0 aliphatic heterocycles. The molecule has 0 saturated carbocycles. The molecule has 0 bridgehead atoms. The normalized spacial score (nSPS) is 10.7. The van der Waals surface area contributed by atoms with Crippen molar-refractivity contribution in [3.05, 3.63) is 94.3 Å². The number of esters is 1. The van der Waals surface area contributed by atoms with Crippen molar-refractivity contribution in [2.75, 3.05) is 12.0 Å². The second kappa shape index (κ2) is 10.6. The van der Waals surface area contributed by atoms with Gasteiger partial charge in [0, 0.05) is 30.2 Å².